The molecule has 14 heavy (non-hydrogen) atoms. The van der Waals surface area contributed by atoms with E-state index in [1.54, 1.807) is 0 Å². The first-order chi connectivity index (χ1) is 6.65. The van der Waals surface area contributed by atoms with Gasteiger partial charge in [0.1, 0.15) is 0 Å². The highest BCUT2D eigenvalue weighted by molar-refractivity contribution is 4.93. The minimum atomic E-state index is 0.240. The van der Waals surface area contributed by atoms with Crippen LogP contribution in [0.1, 0.15) is 40.0 Å². The van der Waals surface area contributed by atoms with Gasteiger partial charge in [-0.3, -0.25) is 4.90 Å². The Morgan fingerprint density at radius 2 is 2.07 bits per heavy atom. The molecular formula is C12H25NO. The molecule has 2 heteroatoms. The van der Waals surface area contributed by atoms with Crippen molar-refractivity contribution in [2.24, 2.45) is 0 Å². The lowest BCUT2D eigenvalue weighted by Crippen LogP contribution is -2.38. The molecule has 1 atom stereocenters. The van der Waals surface area contributed by atoms with Crippen LogP contribution >= 0.6 is 0 Å². The Morgan fingerprint density at radius 1 is 1.43 bits per heavy atom. The standard InChI is InChI=1S/C12H25NO/c1-5-7-8-13(6-2)12(10-14)9-11(3)4/h12,14H,3,5-10H2,1-2,4H3/t12-/m0/s1. The Labute approximate surface area is 88.6 Å². The molecule has 0 aliphatic rings. The van der Waals surface area contributed by atoms with E-state index in [1.165, 1.54) is 12.8 Å². The predicted octanol–water partition coefficient (Wildman–Crippen LogP) is 2.44. The number of hydrogen-bond acceptors (Lipinski definition) is 2. The lowest BCUT2D eigenvalue weighted by molar-refractivity contribution is 0.126. The van der Waals surface area contributed by atoms with E-state index in [4.69, 9.17) is 0 Å². The molecule has 0 bridgehead atoms. The number of unbranched alkanes of at least 4 members (excludes halogenated alkanes) is 1. The summed E-state index contributed by atoms with van der Waals surface area (Å²) in [5.74, 6) is 0. The molecule has 0 aromatic carbocycles. The van der Waals surface area contributed by atoms with Crippen LogP contribution in [0.25, 0.3) is 0 Å². The first-order valence-corrected chi connectivity index (χ1v) is 5.64. The number of likely N-dealkylation sites (N-methyl/N-ethyl adjacent to an activating group) is 1. The van der Waals surface area contributed by atoms with Gasteiger partial charge in [-0.15, -0.1) is 6.58 Å². The maximum absolute atomic E-state index is 9.29. The Morgan fingerprint density at radius 3 is 2.43 bits per heavy atom. The van der Waals surface area contributed by atoms with Crippen molar-refractivity contribution in [3.05, 3.63) is 12.2 Å². The molecule has 0 aromatic rings. The first-order valence-electron chi connectivity index (χ1n) is 5.64. The van der Waals surface area contributed by atoms with Crippen molar-refractivity contribution >= 4 is 0 Å². The van der Waals surface area contributed by atoms with E-state index < -0.39 is 0 Å². The molecule has 0 aromatic heterocycles. The summed E-state index contributed by atoms with van der Waals surface area (Å²) in [5.41, 5.74) is 1.15. The summed E-state index contributed by atoms with van der Waals surface area (Å²) < 4.78 is 0. The number of rotatable bonds is 8. The van der Waals surface area contributed by atoms with Crippen LogP contribution in [0.15, 0.2) is 12.2 Å². The van der Waals surface area contributed by atoms with Gasteiger partial charge < -0.3 is 5.11 Å². The summed E-state index contributed by atoms with van der Waals surface area (Å²) in [6, 6.07) is 0.268. The molecule has 1 N–H and O–H groups in total. The van der Waals surface area contributed by atoms with Crippen molar-refractivity contribution in [3.63, 3.8) is 0 Å². The fraction of sp³-hybridized carbons (Fsp3) is 0.833. The van der Waals surface area contributed by atoms with Gasteiger partial charge in [-0.25, -0.2) is 0 Å². The van der Waals surface area contributed by atoms with Gasteiger partial charge >= 0.3 is 0 Å². The van der Waals surface area contributed by atoms with Crippen LogP contribution in [-0.2, 0) is 0 Å². The molecule has 0 amide bonds. The molecule has 0 rings (SSSR count). The topological polar surface area (TPSA) is 23.5 Å². The van der Waals surface area contributed by atoms with Crippen molar-refractivity contribution in [1.29, 1.82) is 0 Å². The van der Waals surface area contributed by atoms with Gasteiger partial charge in [-0.2, -0.15) is 0 Å². The Balaban J connectivity index is 4.06. The number of aliphatic hydroxyl groups excluding tert-OH is 1. The second kappa shape index (κ2) is 8.01. The third-order valence-electron chi connectivity index (χ3n) is 2.52. The second-order valence-electron chi connectivity index (χ2n) is 3.98. The lowest BCUT2D eigenvalue weighted by atomic mass is 10.1. The molecular weight excluding hydrogens is 174 g/mol. The fourth-order valence-electron chi connectivity index (χ4n) is 1.67. The van der Waals surface area contributed by atoms with Crippen LogP contribution < -0.4 is 0 Å². The Hall–Kier alpha value is -0.340. The number of hydrogen-bond donors (Lipinski definition) is 1. The molecule has 2 nitrogen and oxygen atoms in total. The van der Waals surface area contributed by atoms with E-state index in [2.05, 4.69) is 25.3 Å². The summed E-state index contributed by atoms with van der Waals surface area (Å²) in [6.45, 7) is 12.6. The first kappa shape index (κ1) is 13.7. The zero-order valence-corrected chi connectivity index (χ0v) is 9.92. The Bertz CT molecular complexity index is 156. The van der Waals surface area contributed by atoms with E-state index in [-0.39, 0.29) is 12.6 Å². The summed E-state index contributed by atoms with van der Waals surface area (Å²) in [4.78, 5) is 2.35. The van der Waals surface area contributed by atoms with Crippen LogP contribution in [0, 0.1) is 0 Å². The monoisotopic (exact) mass is 199 g/mol. The Kier molecular flexibility index (Phi) is 7.81. The predicted molar refractivity (Wildman–Crippen MR) is 62.5 cm³/mol. The molecule has 0 unspecified atom stereocenters. The van der Waals surface area contributed by atoms with E-state index in [1.807, 2.05) is 6.92 Å². The summed E-state index contributed by atoms with van der Waals surface area (Å²) in [7, 11) is 0. The van der Waals surface area contributed by atoms with Gasteiger partial charge in [0.15, 0.2) is 0 Å². The number of nitrogens with zero attached hydrogens (tertiary/aromatic N) is 1. The van der Waals surface area contributed by atoms with Crippen molar-refractivity contribution < 1.29 is 5.11 Å². The number of aliphatic hydroxyl groups is 1. The SMILES string of the molecule is C=C(C)C[C@@H](CO)N(CC)CCCC. The highest BCUT2D eigenvalue weighted by Crippen LogP contribution is 2.10. The zero-order valence-electron chi connectivity index (χ0n) is 9.92. The van der Waals surface area contributed by atoms with Crippen LogP contribution in [0.5, 0.6) is 0 Å². The van der Waals surface area contributed by atoms with Crippen molar-refractivity contribution in [1.82, 2.24) is 4.90 Å². The van der Waals surface area contributed by atoms with Gasteiger partial charge in [-0.1, -0.05) is 25.8 Å². The fourth-order valence-corrected chi connectivity index (χ4v) is 1.67. The van der Waals surface area contributed by atoms with E-state index in [9.17, 15) is 5.11 Å². The van der Waals surface area contributed by atoms with Crippen molar-refractivity contribution in [2.75, 3.05) is 19.7 Å². The van der Waals surface area contributed by atoms with Crippen molar-refractivity contribution in [2.45, 2.75) is 46.1 Å². The van der Waals surface area contributed by atoms with Crippen LogP contribution in [0.2, 0.25) is 0 Å². The normalized spacial score (nSPS) is 13.2. The molecule has 0 aliphatic heterocycles. The average molecular weight is 199 g/mol. The third kappa shape index (κ3) is 5.40. The van der Waals surface area contributed by atoms with E-state index in [0.717, 1.165) is 25.1 Å². The van der Waals surface area contributed by atoms with Crippen LogP contribution in [0.4, 0.5) is 0 Å². The lowest BCUT2D eigenvalue weighted by Gasteiger charge is -2.29. The smallest absolute Gasteiger partial charge is 0.0589 e. The summed E-state index contributed by atoms with van der Waals surface area (Å²) in [6.07, 6.45) is 3.33. The molecule has 0 heterocycles. The van der Waals surface area contributed by atoms with Gasteiger partial charge in [0.05, 0.1) is 6.61 Å². The highest BCUT2D eigenvalue weighted by Gasteiger charge is 2.15. The average Bonchev–Trinajstić information content (AvgIpc) is 2.16. The maximum atomic E-state index is 9.29. The quantitative estimate of drug-likeness (QED) is 0.607. The van der Waals surface area contributed by atoms with Gasteiger partial charge in [0.2, 0.25) is 0 Å². The molecule has 0 fully saturated rings. The second-order valence-corrected chi connectivity index (χ2v) is 3.98. The van der Waals surface area contributed by atoms with E-state index in [0.29, 0.717) is 0 Å². The summed E-state index contributed by atoms with van der Waals surface area (Å²) >= 11 is 0. The van der Waals surface area contributed by atoms with Crippen LogP contribution in [-0.4, -0.2) is 35.7 Å². The zero-order chi connectivity index (χ0) is 11.0. The third-order valence-corrected chi connectivity index (χ3v) is 2.52. The molecule has 84 valence electrons. The largest absolute Gasteiger partial charge is 0.395 e. The molecule has 0 spiro atoms. The van der Waals surface area contributed by atoms with Crippen LogP contribution in [0.3, 0.4) is 0 Å². The molecule has 0 saturated heterocycles. The molecule has 0 saturated carbocycles. The minimum absolute atomic E-state index is 0.240. The van der Waals surface area contributed by atoms with E-state index >= 15 is 0 Å². The minimum Gasteiger partial charge on any atom is -0.395 e. The molecule has 0 aliphatic carbocycles. The van der Waals surface area contributed by atoms with Gasteiger partial charge in [0, 0.05) is 6.04 Å². The highest BCUT2D eigenvalue weighted by atomic mass is 16.3. The van der Waals surface area contributed by atoms with Gasteiger partial charge in [0.25, 0.3) is 0 Å². The van der Waals surface area contributed by atoms with Gasteiger partial charge in [-0.05, 0) is 32.9 Å². The maximum Gasteiger partial charge on any atom is 0.0589 e. The van der Waals surface area contributed by atoms with Crippen molar-refractivity contribution in [3.8, 4) is 0 Å². The summed E-state index contributed by atoms with van der Waals surface area (Å²) in [5, 5.41) is 9.29. The molecule has 0 radical (unpaired) electrons.